The van der Waals surface area contributed by atoms with Crippen molar-refractivity contribution in [3.8, 4) is 5.75 Å². The Morgan fingerprint density at radius 1 is 0.882 bits per heavy atom. The molecule has 0 fully saturated rings. The number of ether oxygens (including phenoxy) is 1. The maximum absolute atomic E-state index is 13.4. The second kappa shape index (κ2) is 12.3. The quantitative estimate of drug-likeness (QED) is 0.187. The maximum Gasteiger partial charge on any atom is 0.233 e. The summed E-state index contributed by atoms with van der Waals surface area (Å²) < 4.78 is 3.56. The molecule has 5 nitrogen and oxygen atoms in total. The smallest absolute Gasteiger partial charge is 0.233 e. The molecule has 0 radical (unpaired) electrons. The largest absolute Gasteiger partial charge is 0.494 e. The van der Waals surface area contributed by atoms with Crippen LogP contribution in [-0.4, -0.2) is 27.6 Å². The van der Waals surface area contributed by atoms with Crippen molar-refractivity contribution in [2.45, 2.75) is 22.8 Å². The molecular weight excluding hydrogens is 513 g/mol. The van der Waals surface area contributed by atoms with Crippen LogP contribution in [0, 0.1) is 0 Å². The molecule has 0 aromatic heterocycles. The summed E-state index contributed by atoms with van der Waals surface area (Å²) in [4.78, 5) is 13.4. The molecular formula is C25H24Cl3N3O2S. The minimum Gasteiger partial charge on any atom is -0.494 e. The van der Waals surface area contributed by atoms with E-state index in [2.05, 4.69) is 16.0 Å². The Hall–Kier alpha value is -2.51. The molecule has 0 heterocycles. The first kappa shape index (κ1) is 26.1. The van der Waals surface area contributed by atoms with Crippen LogP contribution in [-0.2, 0) is 4.79 Å². The number of hydrogen-bond donors (Lipinski definition) is 3. The van der Waals surface area contributed by atoms with E-state index in [0.717, 1.165) is 16.9 Å². The van der Waals surface area contributed by atoms with E-state index < -0.39 is 15.9 Å². The van der Waals surface area contributed by atoms with Gasteiger partial charge in [0.05, 0.1) is 12.5 Å². The van der Waals surface area contributed by atoms with E-state index in [4.69, 9.17) is 51.8 Å². The zero-order valence-corrected chi connectivity index (χ0v) is 21.4. The lowest BCUT2D eigenvalue weighted by atomic mass is 9.90. The molecule has 0 aliphatic carbocycles. The molecule has 0 aliphatic heterocycles. The first-order valence-corrected chi connectivity index (χ1v) is 12.1. The molecule has 9 heteroatoms. The molecule has 1 atom stereocenters. The van der Waals surface area contributed by atoms with Gasteiger partial charge in [0.15, 0.2) is 5.11 Å². The predicted molar refractivity (Wildman–Crippen MR) is 144 cm³/mol. The van der Waals surface area contributed by atoms with E-state index in [1.165, 1.54) is 0 Å². The number of amides is 1. The number of alkyl halides is 3. The van der Waals surface area contributed by atoms with Crippen molar-refractivity contribution in [1.82, 2.24) is 10.6 Å². The standard InChI is InChI=1S/C25H24Cl3N3O2S/c1-2-33-20-15-13-19(14-16-20)29-24(34)31-23(25(26,27)28)30-22(32)21(17-9-5-3-6-10-17)18-11-7-4-8-12-18/h3-16,21,23H,2H2,1H3,(H,30,32)(H2,29,31,34)/t23-/m1/s1. The van der Waals surface area contributed by atoms with Gasteiger partial charge >= 0.3 is 0 Å². The Morgan fingerprint density at radius 2 is 1.41 bits per heavy atom. The molecule has 0 unspecified atom stereocenters. The number of rotatable bonds is 8. The highest BCUT2D eigenvalue weighted by Gasteiger charge is 2.36. The lowest BCUT2D eigenvalue weighted by Crippen LogP contribution is -2.57. The normalized spacial score (nSPS) is 12.0. The maximum atomic E-state index is 13.4. The zero-order valence-electron chi connectivity index (χ0n) is 18.3. The van der Waals surface area contributed by atoms with Crippen LogP contribution in [0.1, 0.15) is 24.0 Å². The van der Waals surface area contributed by atoms with Gasteiger partial charge in [-0.1, -0.05) is 95.5 Å². The third-order valence-corrected chi connectivity index (χ3v) is 5.72. The second-order valence-corrected chi connectivity index (χ2v) is 10.1. The van der Waals surface area contributed by atoms with Gasteiger partial charge in [0.25, 0.3) is 0 Å². The van der Waals surface area contributed by atoms with Crippen molar-refractivity contribution in [2.24, 2.45) is 0 Å². The number of carbonyl (C=O) groups excluding carboxylic acids is 1. The van der Waals surface area contributed by atoms with E-state index in [1.807, 2.05) is 91.9 Å². The van der Waals surface area contributed by atoms with E-state index in [-0.39, 0.29) is 11.0 Å². The highest BCUT2D eigenvalue weighted by Crippen LogP contribution is 2.31. The lowest BCUT2D eigenvalue weighted by Gasteiger charge is -2.29. The van der Waals surface area contributed by atoms with Gasteiger partial charge in [-0.25, -0.2) is 0 Å². The fourth-order valence-electron chi connectivity index (χ4n) is 3.31. The van der Waals surface area contributed by atoms with Gasteiger partial charge in [-0.2, -0.15) is 0 Å². The van der Waals surface area contributed by atoms with Gasteiger partial charge < -0.3 is 20.7 Å². The summed E-state index contributed by atoms with van der Waals surface area (Å²) in [5.74, 6) is -0.206. The van der Waals surface area contributed by atoms with Crippen LogP contribution in [0.2, 0.25) is 0 Å². The zero-order chi connectivity index (χ0) is 24.6. The molecule has 34 heavy (non-hydrogen) atoms. The summed E-state index contributed by atoms with van der Waals surface area (Å²) in [6.07, 6.45) is -1.09. The van der Waals surface area contributed by atoms with Gasteiger partial charge in [0.1, 0.15) is 11.9 Å². The molecule has 3 N–H and O–H groups in total. The Labute approximate surface area is 219 Å². The van der Waals surface area contributed by atoms with Crippen molar-refractivity contribution in [1.29, 1.82) is 0 Å². The van der Waals surface area contributed by atoms with Crippen LogP contribution in [0.3, 0.4) is 0 Å². The molecule has 0 spiro atoms. The molecule has 3 rings (SSSR count). The summed E-state index contributed by atoms with van der Waals surface area (Å²) in [6, 6.07) is 26.0. The van der Waals surface area contributed by atoms with Crippen LogP contribution in [0.5, 0.6) is 5.75 Å². The monoisotopic (exact) mass is 535 g/mol. The Kier molecular flexibility index (Phi) is 9.42. The van der Waals surface area contributed by atoms with E-state index in [1.54, 1.807) is 0 Å². The number of thiocarbonyl (C=S) groups is 1. The molecule has 3 aromatic rings. The number of hydrogen-bond acceptors (Lipinski definition) is 3. The minimum absolute atomic E-state index is 0.178. The van der Waals surface area contributed by atoms with E-state index in [9.17, 15) is 4.79 Å². The minimum atomic E-state index is -1.88. The van der Waals surface area contributed by atoms with E-state index in [0.29, 0.717) is 12.3 Å². The topological polar surface area (TPSA) is 62.4 Å². The van der Waals surface area contributed by atoms with E-state index >= 15 is 0 Å². The highest BCUT2D eigenvalue weighted by molar-refractivity contribution is 7.80. The Balaban J connectivity index is 1.75. The molecule has 178 valence electrons. The highest BCUT2D eigenvalue weighted by atomic mass is 35.6. The molecule has 1 amide bonds. The van der Waals surface area contributed by atoms with Crippen molar-refractivity contribution >= 4 is 63.7 Å². The number of carbonyl (C=O) groups is 1. The molecule has 0 bridgehead atoms. The number of halogens is 3. The van der Waals surface area contributed by atoms with Crippen molar-refractivity contribution in [3.63, 3.8) is 0 Å². The Bertz CT molecular complexity index is 1040. The number of anilines is 1. The molecule has 0 saturated heterocycles. The SMILES string of the molecule is CCOc1ccc(NC(=S)N[C@@H](NC(=O)C(c2ccccc2)c2ccccc2)C(Cl)(Cl)Cl)cc1. The van der Waals surface area contributed by atoms with Crippen LogP contribution in [0.4, 0.5) is 5.69 Å². The van der Waals surface area contributed by atoms with Crippen LogP contribution in [0.15, 0.2) is 84.9 Å². The average molecular weight is 537 g/mol. The third-order valence-electron chi connectivity index (χ3n) is 4.84. The first-order chi connectivity index (χ1) is 16.3. The van der Waals surface area contributed by atoms with Crippen molar-refractivity contribution in [3.05, 3.63) is 96.1 Å². The average Bonchev–Trinajstić information content (AvgIpc) is 2.81. The summed E-state index contributed by atoms with van der Waals surface area (Å²) in [6.45, 7) is 2.49. The third kappa shape index (κ3) is 7.50. The van der Waals surface area contributed by atoms with Crippen LogP contribution >= 0.6 is 47.0 Å². The van der Waals surface area contributed by atoms with Gasteiger partial charge in [0.2, 0.25) is 9.70 Å². The summed E-state index contributed by atoms with van der Waals surface area (Å²) >= 11 is 24.0. The van der Waals surface area contributed by atoms with Crippen LogP contribution in [0.25, 0.3) is 0 Å². The van der Waals surface area contributed by atoms with Gasteiger partial charge in [-0.3, -0.25) is 4.79 Å². The fourth-order valence-corrected chi connectivity index (χ4v) is 3.87. The Morgan fingerprint density at radius 3 is 1.88 bits per heavy atom. The number of nitrogens with one attached hydrogen (secondary N) is 3. The predicted octanol–water partition coefficient (Wildman–Crippen LogP) is 6.02. The van der Waals surface area contributed by atoms with Gasteiger partial charge in [-0.05, 0) is 54.5 Å². The fraction of sp³-hybridized carbons (Fsp3) is 0.200. The second-order valence-electron chi connectivity index (χ2n) is 7.29. The van der Waals surface area contributed by atoms with Crippen molar-refractivity contribution in [2.75, 3.05) is 11.9 Å². The van der Waals surface area contributed by atoms with Gasteiger partial charge in [0, 0.05) is 5.69 Å². The molecule has 3 aromatic carbocycles. The molecule has 0 aliphatic rings. The summed E-state index contributed by atoms with van der Waals surface area (Å²) in [5.41, 5.74) is 2.33. The summed E-state index contributed by atoms with van der Waals surface area (Å²) in [5, 5.41) is 8.89. The van der Waals surface area contributed by atoms with Gasteiger partial charge in [-0.15, -0.1) is 0 Å². The number of benzene rings is 3. The summed E-state index contributed by atoms with van der Waals surface area (Å²) in [7, 11) is 0. The van der Waals surface area contributed by atoms with Crippen molar-refractivity contribution < 1.29 is 9.53 Å². The molecule has 0 saturated carbocycles. The van der Waals surface area contributed by atoms with Crippen LogP contribution < -0.4 is 20.7 Å². The lowest BCUT2D eigenvalue weighted by molar-refractivity contribution is -0.122. The first-order valence-electron chi connectivity index (χ1n) is 10.5.